The Balaban J connectivity index is 2.11. The van der Waals surface area contributed by atoms with E-state index in [0.29, 0.717) is 5.39 Å². The predicted octanol–water partition coefficient (Wildman–Crippen LogP) is 2.65. The largest absolute Gasteiger partial charge is 0.495 e. The topological polar surface area (TPSA) is 93.7 Å². The quantitative estimate of drug-likeness (QED) is 0.752. The Bertz CT molecular complexity index is 888. The summed E-state index contributed by atoms with van der Waals surface area (Å²) in [6, 6.07) is 10.6. The van der Waals surface area contributed by atoms with Gasteiger partial charge in [-0.1, -0.05) is 30.3 Å². The first kappa shape index (κ1) is 20.0. The van der Waals surface area contributed by atoms with Crippen LogP contribution in [0.3, 0.4) is 0 Å². The standard InChI is InChI=1S/C18H24N2O5S/c1-18(2,3)25-17(21)19-11-12-20-26(22,23)16-14-8-6-5-7-13(14)9-10-15(16)24-4/h5-10,20H,11-12H2,1-4H3,(H,19,21). The Morgan fingerprint density at radius 2 is 1.77 bits per heavy atom. The highest BCUT2D eigenvalue weighted by Gasteiger charge is 2.22. The Kier molecular flexibility index (Phi) is 6.09. The average Bonchev–Trinajstić information content (AvgIpc) is 2.56. The molecule has 8 heteroatoms. The minimum absolute atomic E-state index is 0.0218. The van der Waals surface area contributed by atoms with Gasteiger partial charge in [0.05, 0.1) is 7.11 Å². The third-order valence-electron chi connectivity index (χ3n) is 3.42. The highest BCUT2D eigenvalue weighted by molar-refractivity contribution is 7.89. The van der Waals surface area contributed by atoms with Crippen LogP contribution in [0.5, 0.6) is 5.75 Å². The fraction of sp³-hybridized carbons (Fsp3) is 0.389. The second kappa shape index (κ2) is 7.92. The molecule has 2 aromatic carbocycles. The van der Waals surface area contributed by atoms with Gasteiger partial charge in [-0.3, -0.25) is 0 Å². The van der Waals surface area contributed by atoms with Gasteiger partial charge in [0.2, 0.25) is 10.0 Å². The van der Waals surface area contributed by atoms with Crippen LogP contribution in [-0.2, 0) is 14.8 Å². The summed E-state index contributed by atoms with van der Waals surface area (Å²) in [4.78, 5) is 11.7. The van der Waals surface area contributed by atoms with E-state index in [-0.39, 0.29) is 23.7 Å². The Labute approximate surface area is 153 Å². The van der Waals surface area contributed by atoms with Crippen molar-refractivity contribution in [2.45, 2.75) is 31.3 Å². The summed E-state index contributed by atoms with van der Waals surface area (Å²) in [5.74, 6) is 0.260. The molecule has 0 unspecified atom stereocenters. The molecule has 7 nitrogen and oxygen atoms in total. The van der Waals surface area contributed by atoms with Gasteiger partial charge in [0.25, 0.3) is 0 Å². The Morgan fingerprint density at radius 1 is 1.08 bits per heavy atom. The van der Waals surface area contributed by atoms with E-state index in [1.54, 1.807) is 45.0 Å². The number of methoxy groups -OCH3 is 1. The van der Waals surface area contributed by atoms with Crippen LogP contribution in [0.2, 0.25) is 0 Å². The maximum atomic E-state index is 12.8. The zero-order valence-electron chi connectivity index (χ0n) is 15.3. The number of carbonyl (C=O) groups excluding carboxylic acids is 1. The maximum absolute atomic E-state index is 12.8. The van der Waals surface area contributed by atoms with Gasteiger partial charge in [-0.15, -0.1) is 0 Å². The molecule has 0 saturated carbocycles. The van der Waals surface area contributed by atoms with Crippen LogP contribution in [0.4, 0.5) is 4.79 Å². The van der Waals surface area contributed by atoms with Crippen LogP contribution in [-0.4, -0.2) is 40.3 Å². The van der Waals surface area contributed by atoms with Crippen LogP contribution >= 0.6 is 0 Å². The van der Waals surface area contributed by atoms with Crippen LogP contribution in [0.25, 0.3) is 10.8 Å². The molecule has 0 aliphatic heterocycles. The van der Waals surface area contributed by atoms with E-state index in [2.05, 4.69) is 10.0 Å². The molecule has 2 N–H and O–H groups in total. The molecular formula is C18H24N2O5S. The number of ether oxygens (including phenoxy) is 2. The van der Waals surface area contributed by atoms with Crippen molar-refractivity contribution in [2.75, 3.05) is 20.2 Å². The summed E-state index contributed by atoms with van der Waals surface area (Å²) in [7, 11) is -2.41. The lowest BCUT2D eigenvalue weighted by Gasteiger charge is -2.19. The fourth-order valence-electron chi connectivity index (χ4n) is 2.40. The van der Waals surface area contributed by atoms with E-state index in [9.17, 15) is 13.2 Å². The van der Waals surface area contributed by atoms with Gasteiger partial charge in [0.1, 0.15) is 16.2 Å². The number of fused-ring (bicyclic) bond motifs is 1. The number of rotatable bonds is 6. The second-order valence-corrected chi connectivity index (χ2v) is 8.35. The van der Waals surface area contributed by atoms with Crippen LogP contribution in [0, 0.1) is 0 Å². The minimum Gasteiger partial charge on any atom is -0.495 e. The van der Waals surface area contributed by atoms with E-state index in [0.717, 1.165) is 5.39 Å². The third-order valence-corrected chi connectivity index (χ3v) is 4.96. The number of hydrogen-bond donors (Lipinski definition) is 2. The number of hydrogen-bond acceptors (Lipinski definition) is 5. The van der Waals surface area contributed by atoms with Crippen LogP contribution < -0.4 is 14.8 Å². The number of carbonyl (C=O) groups is 1. The molecular weight excluding hydrogens is 356 g/mol. The lowest BCUT2D eigenvalue weighted by molar-refractivity contribution is 0.0529. The monoisotopic (exact) mass is 380 g/mol. The Morgan fingerprint density at radius 3 is 2.42 bits per heavy atom. The SMILES string of the molecule is COc1ccc2ccccc2c1S(=O)(=O)NCCNC(=O)OC(C)(C)C. The summed E-state index contributed by atoms with van der Waals surface area (Å²) >= 11 is 0. The first-order chi connectivity index (χ1) is 12.1. The maximum Gasteiger partial charge on any atom is 0.407 e. The van der Waals surface area contributed by atoms with Gasteiger partial charge in [0, 0.05) is 18.5 Å². The van der Waals surface area contributed by atoms with E-state index in [4.69, 9.17) is 9.47 Å². The van der Waals surface area contributed by atoms with Crippen molar-refractivity contribution in [3.63, 3.8) is 0 Å². The summed E-state index contributed by atoms with van der Waals surface area (Å²) in [5.41, 5.74) is -0.611. The molecule has 142 valence electrons. The Hall–Kier alpha value is -2.32. The van der Waals surface area contributed by atoms with Gasteiger partial charge >= 0.3 is 6.09 Å². The molecule has 0 spiro atoms. The van der Waals surface area contributed by atoms with E-state index >= 15 is 0 Å². The molecule has 1 amide bonds. The fourth-order valence-corrected chi connectivity index (χ4v) is 3.80. The van der Waals surface area contributed by atoms with E-state index in [1.165, 1.54) is 7.11 Å². The first-order valence-electron chi connectivity index (χ1n) is 8.16. The summed E-state index contributed by atoms with van der Waals surface area (Å²) in [5, 5.41) is 3.87. The number of alkyl carbamates (subject to hydrolysis) is 1. The molecule has 0 fully saturated rings. The second-order valence-electron chi connectivity index (χ2n) is 6.64. The molecule has 0 atom stereocenters. The van der Waals surface area contributed by atoms with Gasteiger partial charge < -0.3 is 14.8 Å². The summed E-state index contributed by atoms with van der Waals surface area (Å²) in [6.45, 7) is 5.38. The zero-order chi connectivity index (χ0) is 19.4. The molecule has 0 aliphatic rings. The molecule has 0 radical (unpaired) electrons. The van der Waals surface area contributed by atoms with Crippen molar-refractivity contribution in [2.24, 2.45) is 0 Å². The smallest absolute Gasteiger partial charge is 0.407 e. The number of nitrogens with one attached hydrogen (secondary N) is 2. The molecule has 0 heterocycles. The van der Waals surface area contributed by atoms with E-state index in [1.807, 2.05) is 12.1 Å². The van der Waals surface area contributed by atoms with Crippen molar-refractivity contribution in [1.82, 2.24) is 10.0 Å². The van der Waals surface area contributed by atoms with Gasteiger partial charge in [-0.25, -0.2) is 17.9 Å². The molecule has 2 rings (SSSR count). The zero-order valence-corrected chi connectivity index (χ0v) is 16.1. The lowest BCUT2D eigenvalue weighted by Crippen LogP contribution is -2.37. The van der Waals surface area contributed by atoms with Crippen molar-refractivity contribution in [3.05, 3.63) is 36.4 Å². The van der Waals surface area contributed by atoms with Crippen molar-refractivity contribution < 1.29 is 22.7 Å². The minimum atomic E-state index is -3.83. The number of sulfonamides is 1. The highest BCUT2D eigenvalue weighted by Crippen LogP contribution is 2.31. The van der Waals surface area contributed by atoms with Crippen molar-refractivity contribution >= 4 is 26.9 Å². The molecule has 0 aliphatic carbocycles. The summed E-state index contributed by atoms with van der Waals surface area (Å²) in [6.07, 6.45) is -0.598. The molecule has 0 aromatic heterocycles. The molecule has 0 saturated heterocycles. The number of benzene rings is 2. The van der Waals surface area contributed by atoms with Gasteiger partial charge in [-0.05, 0) is 32.2 Å². The summed E-state index contributed by atoms with van der Waals surface area (Å²) < 4.78 is 38.3. The molecule has 2 aromatic rings. The average molecular weight is 380 g/mol. The first-order valence-corrected chi connectivity index (χ1v) is 9.64. The molecule has 26 heavy (non-hydrogen) atoms. The van der Waals surface area contributed by atoms with Crippen LogP contribution in [0.15, 0.2) is 41.3 Å². The van der Waals surface area contributed by atoms with Crippen molar-refractivity contribution in [1.29, 1.82) is 0 Å². The van der Waals surface area contributed by atoms with Crippen LogP contribution in [0.1, 0.15) is 20.8 Å². The number of amides is 1. The van der Waals surface area contributed by atoms with Crippen molar-refractivity contribution in [3.8, 4) is 5.75 Å². The normalized spacial score (nSPS) is 12.0. The molecule has 0 bridgehead atoms. The van der Waals surface area contributed by atoms with Gasteiger partial charge in [0.15, 0.2) is 0 Å². The predicted molar refractivity (Wildman–Crippen MR) is 99.9 cm³/mol. The third kappa shape index (κ3) is 5.09. The highest BCUT2D eigenvalue weighted by atomic mass is 32.2. The van der Waals surface area contributed by atoms with E-state index < -0.39 is 21.7 Å². The van der Waals surface area contributed by atoms with Gasteiger partial charge in [-0.2, -0.15) is 0 Å². The lowest BCUT2D eigenvalue weighted by atomic mass is 10.1.